The smallest absolute Gasteiger partial charge is 0.329 e. The van der Waals surface area contributed by atoms with Gasteiger partial charge in [0.15, 0.2) is 0 Å². The molecule has 8 heteroatoms. The summed E-state index contributed by atoms with van der Waals surface area (Å²) in [6, 6.07) is 14.1. The monoisotopic (exact) mass is 394 g/mol. The van der Waals surface area contributed by atoms with Crippen LogP contribution < -0.4 is 11.0 Å². The maximum atomic E-state index is 12.2. The van der Waals surface area contributed by atoms with Gasteiger partial charge in [-0.1, -0.05) is 29.8 Å². The molecule has 0 atom stereocenters. The third kappa shape index (κ3) is 3.47. The number of anilines is 1. The van der Waals surface area contributed by atoms with Crippen molar-refractivity contribution in [3.05, 3.63) is 75.3 Å². The number of halogens is 1. The average Bonchev–Trinajstić information content (AvgIpc) is 3.20. The SMILES string of the molecule is O=C(Cn1c(O)c(/C=C2\C=Nc3ccccc32)[nH]c1=O)Nc1ccc(Cl)cc1. The number of para-hydroxylation sites is 1. The molecule has 28 heavy (non-hydrogen) atoms. The lowest BCUT2D eigenvalue weighted by Gasteiger charge is -2.06. The zero-order valence-corrected chi connectivity index (χ0v) is 15.3. The summed E-state index contributed by atoms with van der Waals surface area (Å²) in [5, 5.41) is 13.6. The molecule has 3 aromatic rings. The van der Waals surface area contributed by atoms with Crippen LogP contribution >= 0.6 is 11.6 Å². The Labute approximate surface area is 164 Å². The van der Waals surface area contributed by atoms with Crippen LogP contribution in [0.4, 0.5) is 11.4 Å². The van der Waals surface area contributed by atoms with E-state index in [9.17, 15) is 14.7 Å². The molecular weight excluding hydrogens is 380 g/mol. The fourth-order valence-electron chi connectivity index (χ4n) is 2.91. The molecule has 0 spiro atoms. The Hall–Kier alpha value is -3.58. The van der Waals surface area contributed by atoms with E-state index in [-0.39, 0.29) is 18.1 Å². The molecule has 4 rings (SSSR count). The molecule has 7 nitrogen and oxygen atoms in total. The Bertz CT molecular complexity index is 1170. The van der Waals surface area contributed by atoms with Crippen molar-refractivity contribution in [2.75, 3.05) is 5.32 Å². The highest BCUT2D eigenvalue weighted by Crippen LogP contribution is 2.32. The van der Waals surface area contributed by atoms with Gasteiger partial charge in [0.2, 0.25) is 11.8 Å². The highest BCUT2D eigenvalue weighted by molar-refractivity contribution is 6.30. The summed E-state index contributed by atoms with van der Waals surface area (Å²) in [4.78, 5) is 31.3. The fraction of sp³-hybridized carbons (Fsp3) is 0.0500. The zero-order chi connectivity index (χ0) is 19.7. The minimum atomic E-state index is -0.584. The molecule has 0 aliphatic carbocycles. The maximum Gasteiger partial charge on any atom is 0.329 e. The number of hydrogen-bond acceptors (Lipinski definition) is 4. The number of imidazole rings is 1. The van der Waals surface area contributed by atoms with Crippen LogP contribution in [0.25, 0.3) is 11.6 Å². The van der Waals surface area contributed by atoms with Crippen molar-refractivity contribution in [3.63, 3.8) is 0 Å². The number of aliphatic imine (C=N–C) groups is 1. The van der Waals surface area contributed by atoms with Gasteiger partial charge >= 0.3 is 5.69 Å². The normalized spacial score (nSPS) is 13.7. The van der Waals surface area contributed by atoms with E-state index >= 15 is 0 Å². The van der Waals surface area contributed by atoms with Gasteiger partial charge in [-0.25, -0.2) is 4.79 Å². The van der Waals surface area contributed by atoms with Crippen LogP contribution in [-0.4, -0.2) is 26.8 Å². The lowest BCUT2D eigenvalue weighted by molar-refractivity contribution is -0.116. The highest BCUT2D eigenvalue weighted by atomic mass is 35.5. The molecular formula is C20H15ClN4O3. The number of fused-ring (bicyclic) bond motifs is 1. The molecule has 1 aromatic heterocycles. The molecule has 140 valence electrons. The minimum Gasteiger partial charge on any atom is -0.493 e. The van der Waals surface area contributed by atoms with E-state index in [1.165, 1.54) is 0 Å². The summed E-state index contributed by atoms with van der Waals surface area (Å²) >= 11 is 5.81. The number of H-pyrrole nitrogens is 1. The molecule has 2 heterocycles. The molecule has 0 bridgehead atoms. The van der Waals surface area contributed by atoms with E-state index in [2.05, 4.69) is 15.3 Å². The lowest BCUT2D eigenvalue weighted by atomic mass is 10.1. The third-order valence-electron chi connectivity index (χ3n) is 4.27. The number of hydrogen-bond donors (Lipinski definition) is 3. The van der Waals surface area contributed by atoms with Crippen LogP contribution in [-0.2, 0) is 11.3 Å². The molecule has 3 N–H and O–H groups in total. The molecule has 0 fully saturated rings. The van der Waals surface area contributed by atoms with Gasteiger partial charge in [-0.15, -0.1) is 0 Å². The molecule has 0 radical (unpaired) electrons. The van der Waals surface area contributed by atoms with Gasteiger partial charge in [-0.3, -0.25) is 14.4 Å². The number of aromatic amines is 1. The quantitative estimate of drug-likeness (QED) is 0.632. The average molecular weight is 395 g/mol. The minimum absolute atomic E-state index is 0.211. The van der Waals surface area contributed by atoms with Crippen molar-refractivity contribution in [2.45, 2.75) is 6.54 Å². The Morgan fingerprint density at radius 2 is 1.96 bits per heavy atom. The standard InChI is InChI=1S/C20H15ClN4O3/c21-13-5-7-14(8-6-13)23-18(26)11-25-19(27)17(24-20(25)28)9-12-10-22-16-4-2-1-3-15(12)16/h1-10,27H,11H2,(H,23,26)(H,24,28)/b12-9+. The summed E-state index contributed by atoms with van der Waals surface area (Å²) in [5.41, 5.74) is 2.64. The van der Waals surface area contributed by atoms with Gasteiger partial charge in [0.25, 0.3) is 0 Å². The predicted octanol–water partition coefficient (Wildman–Crippen LogP) is 3.43. The molecule has 0 unspecified atom stereocenters. The first-order chi connectivity index (χ1) is 13.5. The number of allylic oxidation sites excluding steroid dienone is 1. The fourth-order valence-corrected chi connectivity index (χ4v) is 3.04. The lowest BCUT2D eigenvalue weighted by Crippen LogP contribution is -2.25. The number of carbonyl (C=O) groups is 1. The van der Waals surface area contributed by atoms with E-state index in [1.54, 1.807) is 36.6 Å². The van der Waals surface area contributed by atoms with E-state index < -0.39 is 11.6 Å². The largest absolute Gasteiger partial charge is 0.493 e. The summed E-state index contributed by atoms with van der Waals surface area (Å²) in [6.45, 7) is -0.336. The van der Waals surface area contributed by atoms with E-state index in [1.807, 2.05) is 24.3 Å². The number of rotatable bonds is 4. The van der Waals surface area contributed by atoms with Crippen molar-refractivity contribution < 1.29 is 9.90 Å². The molecule has 1 amide bonds. The second-order valence-electron chi connectivity index (χ2n) is 6.18. The van der Waals surface area contributed by atoms with Gasteiger partial charge in [-0.05, 0) is 36.4 Å². The van der Waals surface area contributed by atoms with Crippen LogP contribution in [0.5, 0.6) is 5.88 Å². The van der Waals surface area contributed by atoms with E-state index in [0.29, 0.717) is 10.7 Å². The number of aromatic hydroxyl groups is 1. The molecule has 1 aliphatic heterocycles. The second-order valence-corrected chi connectivity index (χ2v) is 6.62. The van der Waals surface area contributed by atoms with Crippen molar-refractivity contribution in [1.29, 1.82) is 0 Å². The predicted molar refractivity (Wildman–Crippen MR) is 109 cm³/mol. The number of amides is 1. The maximum absolute atomic E-state index is 12.2. The Morgan fingerprint density at radius 3 is 2.75 bits per heavy atom. The van der Waals surface area contributed by atoms with Crippen molar-refractivity contribution in [1.82, 2.24) is 9.55 Å². The zero-order valence-electron chi connectivity index (χ0n) is 14.5. The van der Waals surface area contributed by atoms with Gasteiger partial charge in [0, 0.05) is 28.1 Å². The highest BCUT2D eigenvalue weighted by Gasteiger charge is 2.17. The first-order valence-corrected chi connectivity index (χ1v) is 8.81. The summed E-state index contributed by atoms with van der Waals surface area (Å²) < 4.78 is 0.968. The van der Waals surface area contributed by atoms with Gasteiger partial charge in [-0.2, -0.15) is 0 Å². The molecule has 0 saturated heterocycles. The van der Waals surface area contributed by atoms with Crippen LogP contribution in [0.3, 0.4) is 0 Å². The van der Waals surface area contributed by atoms with Crippen LogP contribution in [0.1, 0.15) is 11.3 Å². The van der Waals surface area contributed by atoms with E-state index in [4.69, 9.17) is 11.6 Å². The summed E-state index contributed by atoms with van der Waals surface area (Å²) in [5.74, 6) is -0.771. The van der Waals surface area contributed by atoms with Crippen molar-refractivity contribution in [3.8, 4) is 5.88 Å². The topological polar surface area (TPSA) is 99.5 Å². The first kappa shape index (κ1) is 17.8. The second kappa shape index (κ2) is 7.21. The molecule has 1 aliphatic rings. The van der Waals surface area contributed by atoms with E-state index in [0.717, 1.165) is 21.4 Å². The van der Waals surface area contributed by atoms with Gasteiger partial charge < -0.3 is 15.4 Å². The number of nitrogens with zero attached hydrogens (tertiary/aromatic N) is 2. The van der Waals surface area contributed by atoms with Crippen molar-refractivity contribution >= 4 is 46.7 Å². The third-order valence-corrected chi connectivity index (χ3v) is 4.52. The Balaban J connectivity index is 1.56. The Morgan fingerprint density at radius 1 is 1.21 bits per heavy atom. The number of aromatic nitrogens is 2. The molecule has 0 saturated carbocycles. The van der Waals surface area contributed by atoms with Gasteiger partial charge in [0.1, 0.15) is 12.2 Å². The Kier molecular flexibility index (Phi) is 4.58. The van der Waals surface area contributed by atoms with Crippen LogP contribution in [0.2, 0.25) is 5.02 Å². The van der Waals surface area contributed by atoms with Crippen LogP contribution in [0.15, 0.2) is 58.3 Å². The number of nitrogens with one attached hydrogen (secondary N) is 2. The summed E-state index contributed by atoms with van der Waals surface area (Å²) in [7, 11) is 0. The number of benzene rings is 2. The van der Waals surface area contributed by atoms with Crippen molar-refractivity contribution in [2.24, 2.45) is 4.99 Å². The first-order valence-electron chi connectivity index (χ1n) is 8.43. The van der Waals surface area contributed by atoms with Crippen LogP contribution in [0, 0.1) is 0 Å². The number of carbonyl (C=O) groups excluding carboxylic acids is 1. The summed E-state index contributed by atoms with van der Waals surface area (Å²) in [6.07, 6.45) is 3.28. The molecule has 2 aromatic carbocycles. The van der Waals surface area contributed by atoms with Gasteiger partial charge in [0.05, 0.1) is 5.69 Å².